The van der Waals surface area contributed by atoms with Crippen molar-refractivity contribution in [2.45, 2.75) is 26.7 Å². The molecule has 1 aromatic heterocycles. The van der Waals surface area contributed by atoms with Crippen LogP contribution in [0.3, 0.4) is 0 Å². The quantitative estimate of drug-likeness (QED) is 0.793. The second-order valence-electron chi connectivity index (χ2n) is 4.94. The zero-order valence-corrected chi connectivity index (χ0v) is 12.1. The fourth-order valence-corrected chi connectivity index (χ4v) is 2.26. The largest absolute Gasteiger partial charge is 0.370 e. The number of unbranched alkanes of at least 4 members (excludes halogenated alkanes) is 1. The van der Waals surface area contributed by atoms with Gasteiger partial charge in [-0.25, -0.2) is 4.98 Å². The number of nitrogens with one attached hydrogen (secondary N) is 1. The Balaban J connectivity index is 1.91. The minimum Gasteiger partial charge on any atom is -0.370 e. The van der Waals surface area contributed by atoms with Crippen LogP contribution in [0, 0.1) is 0 Å². The summed E-state index contributed by atoms with van der Waals surface area (Å²) in [5.74, 6) is 1.80. The molecule has 0 aliphatic carbocycles. The van der Waals surface area contributed by atoms with Gasteiger partial charge in [0.05, 0.1) is 0 Å². The third-order valence-electron chi connectivity index (χ3n) is 3.58. The molecule has 1 fully saturated rings. The van der Waals surface area contributed by atoms with Crippen LogP contribution in [-0.4, -0.2) is 54.1 Å². The lowest BCUT2D eigenvalue weighted by Crippen LogP contribution is -2.46. The van der Waals surface area contributed by atoms with E-state index in [9.17, 15) is 0 Å². The van der Waals surface area contributed by atoms with Crippen LogP contribution in [-0.2, 0) is 0 Å². The Morgan fingerprint density at radius 3 is 2.68 bits per heavy atom. The van der Waals surface area contributed by atoms with E-state index in [0.717, 1.165) is 51.0 Å². The molecule has 1 aromatic rings. The van der Waals surface area contributed by atoms with Gasteiger partial charge in [0.2, 0.25) is 5.95 Å². The summed E-state index contributed by atoms with van der Waals surface area (Å²) in [6.45, 7) is 10.8. The van der Waals surface area contributed by atoms with E-state index in [2.05, 4.69) is 38.9 Å². The van der Waals surface area contributed by atoms with Crippen LogP contribution in [0.5, 0.6) is 0 Å². The van der Waals surface area contributed by atoms with E-state index >= 15 is 0 Å². The zero-order valence-electron chi connectivity index (χ0n) is 12.1. The monoisotopic (exact) mass is 263 g/mol. The SMILES string of the molecule is CCCCNc1ccnc(N2CCN(CC)CC2)n1. The lowest BCUT2D eigenvalue weighted by atomic mass is 10.3. The fraction of sp³-hybridized carbons (Fsp3) is 0.714. The highest BCUT2D eigenvalue weighted by molar-refractivity contribution is 5.41. The first-order valence-electron chi connectivity index (χ1n) is 7.37. The fourth-order valence-electron chi connectivity index (χ4n) is 2.26. The minimum atomic E-state index is 0.859. The molecule has 1 aliphatic rings. The summed E-state index contributed by atoms with van der Waals surface area (Å²) in [4.78, 5) is 13.7. The first-order chi connectivity index (χ1) is 9.33. The van der Waals surface area contributed by atoms with Gasteiger partial charge in [-0.15, -0.1) is 0 Å². The molecule has 0 saturated carbocycles. The summed E-state index contributed by atoms with van der Waals surface area (Å²) >= 11 is 0. The molecule has 0 bridgehead atoms. The van der Waals surface area contributed by atoms with E-state index in [1.54, 1.807) is 0 Å². The van der Waals surface area contributed by atoms with Crippen molar-refractivity contribution in [1.82, 2.24) is 14.9 Å². The van der Waals surface area contributed by atoms with Crippen molar-refractivity contribution in [1.29, 1.82) is 0 Å². The van der Waals surface area contributed by atoms with Gasteiger partial charge >= 0.3 is 0 Å². The summed E-state index contributed by atoms with van der Waals surface area (Å²) in [6, 6.07) is 1.95. The van der Waals surface area contributed by atoms with Crippen molar-refractivity contribution >= 4 is 11.8 Å². The highest BCUT2D eigenvalue weighted by atomic mass is 15.3. The molecule has 0 aromatic carbocycles. The smallest absolute Gasteiger partial charge is 0.227 e. The topological polar surface area (TPSA) is 44.3 Å². The first kappa shape index (κ1) is 14.1. The van der Waals surface area contributed by atoms with Crippen LogP contribution in [0.25, 0.3) is 0 Å². The van der Waals surface area contributed by atoms with Gasteiger partial charge < -0.3 is 15.1 Å². The Labute approximate surface area is 116 Å². The molecule has 0 radical (unpaired) electrons. The molecule has 5 nitrogen and oxygen atoms in total. The number of hydrogen-bond donors (Lipinski definition) is 1. The van der Waals surface area contributed by atoms with Gasteiger partial charge in [0.25, 0.3) is 0 Å². The van der Waals surface area contributed by atoms with Crippen LogP contribution in [0.2, 0.25) is 0 Å². The van der Waals surface area contributed by atoms with E-state index in [1.807, 2.05) is 12.3 Å². The molecule has 2 heterocycles. The Kier molecular flexibility index (Phi) is 5.39. The van der Waals surface area contributed by atoms with Crippen molar-refractivity contribution in [2.75, 3.05) is 49.5 Å². The van der Waals surface area contributed by atoms with E-state index in [-0.39, 0.29) is 0 Å². The molecular formula is C14H25N5. The Morgan fingerprint density at radius 1 is 1.21 bits per heavy atom. The van der Waals surface area contributed by atoms with Crippen LogP contribution >= 0.6 is 0 Å². The molecule has 5 heteroatoms. The van der Waals surface area contributed by atoms with Crippen LogP contribution in [0.1, 0.15) is 26.7 Å². The predicted octanol–water partition coefficient (Wildman–Crippen LogP) is 1.83. The van der Waals surface area contributed by atoms with E-state index in [0.29, 0.717) is 0 Å². The lowest BCUT2D eigenvalue weighted by molar-refractivity contribution is 0.270. The molecule has 0 atom stereocenters. The average Bonchev–Trinajstić information content (AvgIpc) is 2.48. The molecular weight excluding hydrogens is 238 g/mol. The molecule has 2 rings (SSSR count). The highest BCUT2D eigenvalue weighted by Gasteiger charge is 2.17. The number of piperazine rings is 1. The maximum atomic E-state index is 4.60. The summed E-state index contributed by atoms with van der Waals surface area (Å²) in [6.07, 6.45) is 4.22. The summed E-state index contributed by atoms with van der Waals surface area (Å²) in [5, 5.41) is 3.36. The molecule has 1 aliphatic heterocycles. The number of nitrogens with zero attached hydrogens (tertiary/aromatic N) is 4. The standard InChI is InChI=1S/C14H25N5/c1-3-5-7-15-13-6-8-16-14(17-13)19-11-9-18(4-2)10-12-19/h6,8H,3-5,7,9-12H2,1-2H3,(H,15,16,17). The van der Waals surface area contributed by atoms with Crippen molar-refractivity contribution in [3.8, 4) is 0 Å². The first-order valence-corrected chi connectivity index (χ1v) is 7.37. The van der Waals surface area contributed by atoms with Gasteiger partial charge in [-0.1, -0.05) is 20.3 Å². The van der Waals surface area contributed by atoms with E-state index in [4.69, 9.17) is 0 Å². The second-order valence-corrected chi connectivity index (χ2v) is 4.94. The highest BCUT2D eigenvalue weighted by Crippen LogP contribution is 2.13. The molecule has 106 valence electrons. The average molecular weight is 263 g/mol. The molecule has 19 heavy (non-hydrogen) atoms. The van der Waals surface area contributed by atoms with Crippen LogP contribution in [0.4, 0.5) is 11.8 Å². The second kappa shape index (κ2) is 7.28. The van der Waals surface area contributed by atoms with Gasteiger partial charge in [-0.3, -0.25) is 0 Å². The van der Waals surface area contributed by atoms with E-state index in [1.165, 1.54) is 12.8 Å². The number of rotatable bonds is 6. The number of likely N-dealkylation sites (N-methyl/N-ethyl adjacent to an activating group) is 1. The van der Waals surface area contributed by atoms with Crippen LogP contribution in [0.15, 0.2) is 12.3 Å². The van der Waals surface area contributed by atoms with E-state index < -0.39 is 0 Å². The number of hydrogen-bond acceptors (Lipinski definition) is 5. The maximum Gasteiger partial charge on any atom is 0.227 e. The summed E-state index contributed by atoms with van der Waals surface area (Å²) in [5.41, 5.74) is 0. The third-order valence-corrected chi connectivity index (χ3v) is 3.58. The summed E-state index contributed by atoms with van der Waals surface area (Å²) in [7, 11) is 0. The Bertz CT molecular complexity index is 374. The number of anilines is 2. The number of aromatic nitrogens is 2. The minimum absolute atomic E-state index is 0.859. The molecule has 0 unspecified atom stereocenters. The molecule has 1 saturated heterocycles. The molecule has 1 N–H and O–H groups in total. The van der Waals surface area contributed by atoms with Crippen molar-refractivity contribution in [3.05, 3.63) is 12.3 Å². The van der Waals surface area contributed by atoms with Gasteiger partial charge in [0.1, 0.15) is 5.82 Å². The van der Waals surface area contributed by atoms with Gasteiger partial charge in [0.15, 0.2) is 0 Å². The van der Waals surface area contributed by atoms with Gasteiger partial charge in [-0.2, -0.15) is 4.98 Å². The van der Waals surface area contributed by atoms with Crippen LogP contribution < -0.4 is 10.2 Å². The zero-order chi connectivity index (χ0) is 13.5. The van der Waals surface area contributed by atoms with Crippen molar-refractivity contribution < 1.29 is 0 Å². The van der Waals surface area contributed by atoms with Gasteiger partial charge in [0, 0.05) is 38.9 Å². The Hall–Kier alpha value is -1.36. The van der Waals surface area contributed by atoms with Crippen molar-refractivity contribution in [3.63, 3.8) is 0 Å². The molecule has 0 spiro atoms. The maximum absolute atomic E-state index is 4.60. The normalized spacial score (nSPS) is 16.6. The third kappa shape index (κ3) is 4.06. The Morgan fingerprint density at radius 2 is 2.00 bits per heavy atom. The summed E-state index contributed by atoms with van der Waals surface area (Å²) < 4.78 is 0. The molecule has 0 amide bonds. The van der Waals surface area contributed by atoms with Crippen molar-refractivity contribution in [2.24, 2.45) is 0 Å². The lowest BCUT2D eigenvalue weighted by Gasteiger charge is -2.34. The van der Waals surface area contributed by atoms with Gasteiger partial charge in [-0.05, 0) is 19.0 Å². The predicted molar refractivity (Wildman–Crippen MR) is 79.8 cm³/mol.